The molecular weight excluding hydrogens is 486 g/mol. The third kappa shape index (κ3) is 7.63. The van der Waals surface area contributed by atoms with Crippen molar-refractivity contribution in [3.63, 3.8) is 0 Å². The fourth-order valence-electron chi connectivity index (χ4n) is 5.12. The number of nitrogen functional groups attached to an aromatic ring is 1. The van der Waals surface area contributed by atoms with E-state index < -0.39 is 0 Å². The second-order valence-corrected chi connectivity index (χ2v) is 10.6. The van der Waals surface area contributed by atoms with Crippen LogP contribution >= 0.6 is 0 Å². The Kier molecular flexibility index (Phi) is 9.65. The molecule has 3 aromatic rings. The number of aliphatic imine (C=N–C) groups is 1. The van der Waals surface area contributed by atoms with Gasteiger partial charge in [0.2, 0.25) is 5.91 Å². The molecule has 0 radical (unpaired) electrons. The molecule has 3 N–H and O–H groups in total. The molecule has 206 valence electrons. The van der Waals surface area contributed by atoms with Gasteiger partial charge in [0.1, 0.15) is 0 Å². The lowest BCUT2D eigenvalue weighted by Gasteiger charge is -2.33. The van der Waals surface area contributed by atoms with Crippen LogP contribution in [0.5, 0.6) is 0 Å². The zero-order chi connectivity index (χ0) is 27.8. The summed E-state index contributed by atoms with van der Waals surface area (Å²) in [5, 5.41) is 12.0. The van der Waals surface area contributed by atoms with Crippen molar-refractivity contribution in [2.24, 2.45) is 10.9 Å². The molecular formula is C31H41N7O. The Morgan fingerprint density at radius 3 is 2.46 bits per heavy atom. The van der Waals surface area contributed by atoms with Gasteiger partial charge in [-0.2, -0.15) is 5.10 Å². The molecule has 1 fully saturated rings. The van der Waals surface area contributed by atoms with Gasteiger partial charge >= 0.3 is 0 Å². The molecule has 8 heteroatoms. The van der Waals surface area contributed by atoms with E-state index in [0.717, 1.165) is 55.0 Å². The Hall–Kier alpha value is -3.78. The van der Waals surface area contributed by atoms with E-state index in [9.17, 15) is 4.79 Å². The minimum Gasteiger partial charge on any atom is -0.395 e. The molecule has 0 atom stereocenters. The van der Waals surface area contributed by atoms with Gasteiger partial charge in [-0.15, -0.1) is 5.10 Å². The lowest BCUT2D eigenvalue weighted by Crippen LogP contribution is -2.41. The van der Waals surface area contributed by atoms with Gasteiger partial charge in [-0.3, -0.25) is 9.79 Å². The summed E-state index contributed by atoms with van der Waals surface area (Å²) in [7, 11) is 2.12. The maximum atomic E-state index is 12.8. The summed E-state index contributed by atoms with van der Waals surface area (Å²) >= 11 is 0. The molecule has 39 heavy (non-hydrogen) atoms. The lowest BCUT2D eigenvalue weighted by atomic mass is 9.95. The smallest absolute Gasteiger partial charge is 0.223 e. The first-order valence-corrected chi connectivity index (χ1v) is 13.8. The quantitative estimate of drug-likeness (QED) is 0.294. The number of piperidine rings is 1. The first-order valence-electron chi connectivity index (χ1n) is 13.8. The Balaban J connectivity index is 1.28. The molecule has 1 aliphatic heterocycles. The first kappa shape index (κ1) is 28.2. The predicted octanol–water partition coefficient (Wildman–Crippen LogP) is 4.67. The van der Waals surface area contributed by atoms with Gasteiger partial charge in [0.25, 0.3) is 0 Å². The maximum Gasteiger partial charge on any atom is 0.223 e. The molecule has 4 rings (SSSR count). The number of nitrogens with two attached hydrogens (primary N) is 1. The van der Waals surface area contributed by atoms with E-state index in [2.05, 4.69) is 63.6 Å². The Bertz CT molecular complexity index is 1270. The zero-order valence-corrected chi connectivity index (χ0v) is 23.7. The Morgan fingerprint density at radius 1 is 1.08 bits per heavy atom. The van der Waals surface area contributed by atoms with E-state index in [4.69, 9.17) is 10.7 Å². The van der Waals surface area contributed by atoms with Gasteiger partial charge in [0.15, 0.2) is 5.82 Å². The van der Waals surface area contributed by atoms with Gasteiger partial charge in [-0.25, -0.2) is 0 Å². The summed E-state index contributed by atoms with van der Waals surface area (Å²) in [5.74, 6) is 0.826. The van der Waals surface area contributed by atoms with Crippen LogP contribution in [0.25, 0.3) is 0 Å². The van der Waals surface area contributed by atoms with Gasteiger partial charge < -0.3 is 20.9 Å². The van der Waals surface area contributed by atoms with Crippen LogP contribution in [0.2, 0.25) is 0 Å². The number of carbonyl (C=O) groups is 1. The van der Waals surface area contributed by atoms with Crippen molar-refractivity contribution in [1.29, 1.82) is 0 Å². The van der Waals surface area contributed by atoms with Crippen LogP contribution in [-0.4, -0.2) is 59.9 Å². The molecule has 1 amide bonds. The molecule has 2 aromatic carbocycles. The standard InChI is InChI=1S/C31H41N7O/c1-22-11-13-27(14-12-22)34-23(2)28-24(3)35-36-30(29(28)32)38-19-15-26(16-20-38)31(39)33-17-8-18-37(4)21-25-9-6-5-7-10-25/h5-7,9-14,26H,8,15-21H2,1-4H3,(H2,32,35)(H,33,39). The topological polar surface area (TPSA) is 99.7 Å². The first-order chi connectivity index (χ1) is 18.8. The van der Waals surface area contributed by atoms with Crippen LogP contribution in [0, 0.1) is 19.8 Å². The number of hydrogen-bond acceptors (Lipinski definition) is 7. The predicted molar refractivity (Wildman–Crippen MR) is 160 cm³/mol. The average molecular weight is 528 g/mol. The highest BCUT2D eigenvalue weighted by atomic mass is 16.1. The van der Waals surface area contributed by atoms with Crippen molar-refractivity contribution in [3.8, 4) is 0 Å². The molecule has 0 saturated carbocycles. The number of rotatable bonds is 10. The number of amides is 1. The molecule has 0 spiro atoms. The summed E-state index contributed by atoms with van der Waals surface area (Å²) in [5.41, 5.74) is 13.0. The molecule has 1 aliphatic rings. The average Bonchev–Trinajstić information content (AvgIpc) is 2.93. The Morgan fingerprint density at radius 2 is 1.77 bits per heavy atom. The third-order valence-electron chi connectivity index (χ3n) is 7.34. The summed E-state index contributed by atoms with van der Waals surface area (Å²) < 4.78 is 0. The summed E-state index contributed by atoms with van der Waals surface area (Å²) in [6.45, 7) is 9.90. The Labute approximate surface area is 232 Å². The van der Waals surface area contributed by atoms with Crippen LogP contribution in [0.1, 0.15) is 48.6 Å². The molecule has 1 saturated heterocycles. The van der Waals surface area contributed by atoms with E-state index in [0.29, 0.717) is 31.1 Å². The normalized spacial score (nSPS) is 14.6. The van der Waals surface area contributed by atoms with Gasteiger partial charge in [-0.1, -0.05) is 48.0 Å². The highest BCUT2D eigenvalue weighted by Crippen LogP contribution is 2.30. The summed E-state index contributed by atoms with van der Waals surface area (Å²) in [4.78, 5) is 22.0. The van der Waals surface area contributed by atoms with Gasteiger partial charge in [0, 0.05) is 43.4 Å². The van der Waals surface area contributed by atoms with E-state index in [1.165, 1.54) is 11.1 Å². The van der Waals surface area contributed by atoms with E-state index in [1.807, 2.05) is 44.2 Å². The van der Waals surface area contributed by atoms with E-state index >= 15 is 0 Å². The highest BCUT2D eigenvalue weighted by molar-refractivity contribution is 6.06. The highest BCUT2D eigenvalue weighted by Gasteiger charge is 2.27. The number of nitrogens with one attached hydrogen (secondary N) is 1. The summed E-state index contributed by atoms with van der Waals surface area (Å²) in [6.07, 6.45) is 2.46. The lowest BCUT2D eigenvalue weighted by molar-refractivity contribution is -0.125. The monoisotopic (exact) mass is 527 g/mol. The SMILES string of the molecule is CC(=Nc1ccc(C)cc1)c1c(C)nnc(N2CCC(C(=O)NCCCN(C)Cc3ccccc3)CC2)c1N. The second kappa shape index (κ2) is 13.3. The molecule has 0 aliphatic carbocycles. The molecule has 0 bridgehead atoms. The number of carbonyl (C=O) groups excluding carboxylic acids is 1. The minimum absolute atomic E-state index is 0.00670. The van der Waals surface area contributed by atoms with Gasteiger partial charge in [0.05, 0.1) is 17.1 Å². The van der Waals surface area contributed by atoms with Crippen LogP contribution in [0.4, 0.5) is 17.2 Å². The number of aryl methyl sites for hydroxylation is 2. The van der Waals surface area contributed by atoms with E-state index in [-0.39, 0.29) is 11.8 Å². The fourth-order valence-corrected chi connectivity index (χ4v) is 5.12. The van der Waals surface area contributed by atoms with Crippen molar-refractivity contribution < 1.29 is 4.79 Å². The van der Waals surface area contributed by atoms with Crippen molar-refractivity contribution >= 4 is 28.8 Å². The van der Waals surface area contributed by atoms with Crippen molar-refractivity contribution in [1.82, 2.24) is 20.4 Å². The molecule has 0 unspecified atom stereocenters. The maximum absolute atomic E-state index is 12.8. The molecule has 1 aromatic heterocycles. The van der Waals surface area contributed by atoms with E-state index in [1.54, 1.807) is 0 Å². The van der Waals surface area contributed by atoms with Crippen LogP contribution in [0.15, 0.2) is 59.6 Å². The largest absolute Gasteiger partial charge is 0.395 e. The van der Waals surface area contributed by atoms with Gasteiger partial charge in [-0.05, 0) is 71.3 Å². The van der Waals surface area contributed by atoms with Crippen LogP contribution in [0.3, 0.4) is 0 Å². The number of hydrogen-bond donors (Lipinski definition) is 2. The number of aromatic nitrogens is 2. The molecule has 2 heterocycles. The summed E-state index contributed by atoms with van der Waals surface area (Å²) in [6, 6.07) is 18.5. The van der Waals surface area contributed by atoms with Crippen molar-refractivity contribution in [3.05, 3.63) is 77.0 Å². The van der Waals surface area contributed by atoms with Crippen LogP contribution in [-0.2, 0) is 11.3 Å². The van der Waals surface area contributed by atoms with Crippen LogP contribution < -0.4 is 16.0 Å². The molecule has 8 nitrogen and oxygen atoms in total. The number of anilines is 2. The zero-order valence-electron chi connectivity index (χ0n) is 23.7. The number of benzene rings is 2. The van der Waals surface area contributed by atoms with Crippen molar-refractivity contribution in [2.75, 3.05) is 43.9 Å². The van der Waals surface area contributed by atoms with Crippen molar-refractivity contribution in [2.45, 2.75) is 46.6 Å². The fraction of sp³-hybridized carbons (Fsp3) is 0.419. The third-order valence-corrected chi connectivity index (χ3v) is 7.34. The minimum atomic E-state index is 0.00670. The second-order valence-electron chi connectivity index (χ2n) is 10.6. The number of nitrogens with zero attached hydrogens (tertiary/aromatic N) is 5.